The summed E-state index contributed by atoms with van der Waals surface area (Å²) in [4.78, 5) is 26.7. The monoisotopic (exact) mass is 295 g/mol. The quantitative estimate of drug-likeness (QED) is 0.617. The van der Waals surface area contributed by atoms with Gasteiger partial charge in [-0.25, -0.2) is 18.5 Å². The number of rotatable bonds is 5. The Morgan fingerprint density at radius 3 is 2.53 bits per heavy atom. The molecule has 8 nitrogen and oxygen atoms in total. The predicted octanol–water partition coefficient (Wildman–Crippen LogP) is -1.44. The fourth-order valence-corrected chi connectivity index (χ4v) is 1.67. The zero-order valence-corrected chi connectivity index (χ0v) is 11.5. The van der Waals surface area contributed by atoms with Gasteiger partial charge in [0.2, 0.25) is 0 Å². The van der Waals surface area contributed by atoms with Crippen LogP contribution in [0, 0.1) is 6.92 Å². The van der Waals surface area contributed by atoms with Crippen LogP contribution in [0.5, 0.6) is 0 Å². The molecule has 1 rings (SSSR count). The number of hydrogen-bond donors (Lipinski definition) is 0. The summed E-state index contributed by atoms with van der Waals surface area (Å²) < 4.78 is 40.8. The van der Waals surface area contributed by atoms with Crippen LogP contribution < -0.4 is 11.4 Å². The Morgan fingerprint density at radius 1 is 1.42 bits per heavy atom. The molecule has 0 unspecified atom stereocenters. The number of hydrogen-bond acceptors (Lipinski definition) is 6. The van der Waals surface area contributed by atoms with Crippen LogP contribution in [0.4, 0.5) is 4.39 Å². The molecule has 0 fully saturated rings. The smallest absolute Gasteiger partial charge is 0.285 e. The molecule has 0 aliphatic rings. The zero-order chi connectivity index (χ0) is 14.8. The second-order valence-electron chi connectivity index (χ2n) is 3.98. The second kappa shape index (κ2) is 5.61. The van der Waals surface area contributed by atoms with Gasteiger partial charge < -0.3 is 0 Å². The van der Waals surface area contributed by atoms with Crippen molar-refractivity contribution in [2.45, 2.75) is 19.6 Å². The lowest BCUT2D eigenvalue weighted by Crippen LogP contribution is -2.44. The summed E-state index contributed by atoms with van der Waals surface area (Å²) in [6, 6.07) is 0. The van der Waals surface area contributed by atoms with Crippen molar-refractivity contribution in [1.29, 1.82) is 0 Å². The number of aromatic nitrogens is 3. The van der Waals surface area contributed by atoms with Gasteiger partial charge in [-0.2, -0.15) is 13.4 Å². The van der Waals surface area contributed by atoms with E-state index in [0.717, 1.165) is 10.8 Å². The molecular formula is C9H14FN3O5S. The van der Waals surface area contributed by atoms with E-state index < -0.39 is 40.8 Å². The van der Waals surface area contributed by atoms with Crippen molar-refractivity contribution in [2.75, 3.05) is 12.9 Å². The maximum atomic E-state index is 13.5. The Hall–Kier alpha value is -1.55. The van der Waals surface area contributed by atoms with Crippen LogP contribution in [0.15, 0.2) is 9.59 Å². The third-order valence-electron chi connectivity index (χ3n) is 2.34. The minimum atomic E-state index is -3.77. The van der Waals surface area contributed by atoms with E-state index in [1.54, 1.807) is 0 Å². The minimum Gasteiger partial charge on any atom is -0.285 e. The van der Waals surface area contributed by atoms with E-state index >= 15 is 0 Å². The molecule has 19 heavy (non-hydrogen) atoms. The Balaban J connectivity index is 2.92. The third-order valence-corrected chi connectivity index (χ3v) is 2.90. The molecule has 0 N–H and O–H groups in total. The van der Waals surface area contributed by atoms with Crippen molar-refractivity contribution in [2.24, 2.45) is 7.05 Å². The van der Waals surface area contributed by atoms with Crippen molar-refractivity contribution in [3.8, 4) is 0 Å². The average Bonchev–Trinajstić information content (AvgIpc) is 2.28. The highest BCUT2D eigenvalue weighted by molar-refractivity contribution is 7.85. The van der Waals surface area contributed by atoms with E-state index in [1.165, 1.54) is 14.0 Å². The topological polar surface area (TPSA) is 100 Å². The summed E-state index contributed by atoms with van der Waals surface area (Å²) >= 11 is 0. The number of halogens is 1. The van der Waals surface area contributed by atoms with E-state index in [-0.39, 0.29) is 5.82 Å². The molecule has 0 spiro atoms. The number of alkyl halides is 1. The van der Waals surface area contributed by atoms with Crippen LogP contribution in [-0.4, -0.2) is 41.6 Å². The molecule has 0 bridgehead atoms. The van der Waals surface area contributed by atoms with E-state index in [4.69, 9.17) is 0 Å². The van der Waals surface area contributed by atoms with Crippen LogP contribution >= 0.6 is 0 Å². The van der Waals surface area contributed by atoms with Gasteiger partial charge in [-0.3, -0.25) is 8.75 Å². The standard InChI is InChI=1S/C9H14FN3O5S/c1-6-11-8(14)13(9(15)12(6)2)4-7(10)5-18-19(3,16)17/h7H,4-5H2,1-3H3/t7-/m1/s1. The molecule has 1 atom stereocenters. The first-order chi connectivity index (χ1) is 8.61. The molecule has 1 aromatic heterocycles. The van der Waals surface area contributed by atoms with Gasteiger partial charge in [0.05, 0.1) is 19.4 Å². The molecule has 0 saturated carbocycles. The van der Waals surface area contributed by atoms with E-state index in [9.17, 15) is 22.4 Å². The SMILES string of the molecule is Cc1nc(=O)n(C[C@@H](F)COS(C)(=O)=O)c(=O)n1C. The Bertz CT molecular complexity index is 678. The van der Waals surface area contributed by atoms with Crippen LogP contribution in [0.3, 0.4) is 0 Å². The van der Waals surface area contributed by atoms with Gasteiger partial charge in [0.25, 0.3) is 10.1 Å². The summed E-state index contributed by atoms with van der Waals surface area (Å²) in [5, 5.41) is 0. The summed E-state index contributed by atoms with van der Waals surface area (Å²) in [7, 11) is -2.38. The third kappa shape index (κ3) is 4.24. The molecule has 0 aromatic carbocycles. The van der Waals surface area contributed by atoms with Crippen molar-refractivity contribution < 1.29 is 17.0 Å². The highest BCUT2D eigenvalue weighted by Gasteiger charge is 2.16. The molecule has 1 aromatic rings. The molecule has 0 radical (unpaired) electrons. The van der Waals surface area contributed by atoms with Gasteiger partial charge in [0.15, 0.2) is 0 Å². The lowest BCUT2D eigenvalue weighted by Gasteiger charge is -2.11. The van der Waals surface area contributed by atoms with Crippen LogP contribution in [0.1, 0.15) is 5.82 Å². The van der Waals surface area contributed by atoms with Crippen LogP contribution in [0.25, 0.3) is 0 Å². The summed E-state index contributed by atoms with van der Waals surface area (Å²) in [5.74, 6) is 0.203. The van der Waals surface area contributed by atoms with Gasteiger partial charge in [-0.15, -0.1) is 0 Å². The number of aryl methyl sites for hydroxylation is 1. The lowest BCUT2D eigenvalue weighted by molar-refractivity contribution is 0.180. The Kier molecular flexibility index (Phi) is 4.58. The van der Waals surface area contributed by atoms with Gasteiger partial charge >= 0.3 is 11.4 Å². The molecule has 0 aliphatic carbocycles. The largest absolute Gasteiger partial charge is 0.353 e. The maximum absolute atomic E-state index is 13.5. The highest BCUT2D eigenvalue weighted by atomic mass is 32.2. The Morgan fingerprint density at radius 2 is 2.00 bits per heavy atom. The minimum absolute atomic E-state index is 0.203. The molecule has 108 valence electrons. The van der Waals surface area contributed by atoms with Gasteiger partial charge in [-0.1, -0.05) is 0 Å². The van der Waals surface area contributed by atoms with E-state index in [2.05, 4.69) is 9.17 Å². The van der Waals surface area contributed by atoms with Crippen molar-refractivity contribution in [3.63, 3.8) is 0 Å². The lowest BCUT2D eigenvalue weighted by atomic mass is 10.4. The second-order valence-corrected chi connectivity index (χ2v) is 5.62. The molecule has 0 amide bonds. The maximum Gasteiger partial charge on any atom is 0.353 e. The van der Waals surface area contributed by atoms with Crippen molar-refractivity contribution in [3.05, 3.63) is 26.8 Å². The van der Waals surface area contributed by atoms with Crippen LogP contribution in [-0.2, 0) is 27.9 Å². The zero-order valence-electron chi connectivity index (χ0n) is 10.7. The fourth-order valence-electron chi connectivity index (χ4n) is 1.28. The molecule has 10 heteroatoms. The molecular weight excluding hydrogens is 281 g/mol. The van der Waals surface area contributed by atoms with E-state index in [0.29, 0.717) is 4.57 Å². The van der Waals surface area contributed by atoms with Gasteiger partial charge in [0, 0.05) is 7.05 Å². The normalized spacial score (nSPS) is 13.5. The first kappa shape index (κ1) is 15.5. The van der Waals surface area contributed by atoms with Gasteiger partial charge in [-0.05, 0) is 6.92 Å². The first-order valence-electron chi connectivity index (χ1n) is 5.24. The van der Waals surface area contributed by atoms with E-state index in [1.807, 2.05) is 0 Å². The first-order valence-corrected chi connectivity index (χ1v) is 7.06. The molecule has 1 heterocycles. The average molecular weight is 295 g/mol. The number of nitrogens with zero attached hydrogens (tertiary/aromatic N) is 3. The van der Waals surface area contributed by atoms with Crippen LogP contribution in [0.2, 0.25) is 0 Å². The molecule has 0 aliphatic heterocycles. The van der Waals surface area contributed by atoms with Crippen molar-refractivity contribution >= 4 is 10.1 Å². The fraction of sp³-hybridized carbons (Fsp3) is 0.667. The van der Waals surface area contributed by atoms with Gasteiger partial charge in [0.1, 0.15) is 12.0 Å². The van der Waals surface area contributed by atoms with Crippen molar-refractivity contribution in [1.82, 2.24) is 14.1 Å². The predicted molar refractivity (Wildman–Crippen MR) is 64.2 cm³/mol. The summed E-state index contributed by atoms with van der Waals surface area (Å²) in [6.07, 6.45) is -1.04. The summed E-state index contributed by atoms with van der Waals surface area (Å²) in [6.45, 7) is 0.0868. The highest BCUT2D eigenvalue weighted by Crippen LogP contribution is 1.97. The Labute approximate surface area is 108 Å². The summed E-state index contributed by atoms with van der Waals surface area (Å²) in [5.41, 5.74) is -1.61. The molecule has 0 saturated heterocycles.